The number of halogens is 1. The quantitative estimate of drug-likeness (QED) is 0.747. The SMILES string of the molecule is Cc1nc2c([nH]c3ccccc32)c(=O)n1CCCCl. The molecule has 0 aliphatic heterocycles. The highest BCUT2D eigenvalue weighted by Crippen LogP contribution is 2.21. The molecule has 4 nitrogen and oxygen atoms in total. The van der Waals surface area contributed by atoms with Crippen molar-refractivity contribution in [1.29, 1.82) is 0 Å². The summed E-state index contributed by atoms with van der Waals surface area (Å²) < 4.78 is 1.68. The third-order valence-electron chi connectivity index (χ3n) is 3.32. The van der Waals surface area contributed by atoms with E-state index < -0.39 is 0 Å². The van der Waals surface area contributed by atoms with Crippen LogP contribution in [0.1, 0.15) is 12.2 Å². The maximum Gasteiger partial charge on any atom is 0.277 e. The minimum absolute atomic E-state index is 0.0242. The summed E-state index contributed by atoms with van der Waals surface area (Å²) in [5.41, 5.74) is 2.24. The number of hydrogen-bond donors (Lipinski definition) is 1. The van der Waals surface area contributed by atoms with Gasteiger partial charge in [-0.2, -0.15) is 0 Å². The van der Waals surface area contributed by atoms with Crippen LogP contribution in [0.4, 0.5) is 0 Å². The molecule has 5 heteroatoms. The Morgan fingerprint density at radius 3 is 2.95 bits per heavy atom. The number of rotatable bonds is 3. The lowest BCUT2D eigenvalue weighted by atomic mass is 10.2. The number of hydrogen-bond acceptors (Lipinski definition) is 2. The van der Waals surface area contributed by atoms with Crippen molar-refractivity contribution in [2.45, 2.75) is 19.9 Å². The van der Waals surface area contributed by atoms with Gasteiger partial charge < -0.3 is 4.98 Å². The van der Waals surface area contributed by atoms with E-state index in [2.05, 4.69) is 9.97 Å². The zero-order chi connectivity index (χ0) is 13.4. The van der Waals surface area contributed by atoms with E-state index in [0.717, 1.165) is 28.7 Å². The zero-order valence-electron chi connectivity index (χ0n) is 10.6. The van der Waals surface area contributed by atoms with Gasteiger partial charge in [-0.15, -0.1) is 11.6 Å². The van der Waals surface area contributed by atoms with E-state index in [4.69, 9.17) is 11.6 Å². The van der Waals surface area contributed by atoms with Gasteiger partial charge in [0.25, 0.3) is 5.56 Å². The number of fused-ring (bicyclic) bond motifs is 3. The number of para-hydroxylation sites is 1. The summed E-state index contributed by atoms with van der Waals surface area (Å²) in [4.78, 5) is 20.2. The van der Waals surface area contributed by atoms with Gasteiger partial charge in [-0.05, 0) is 19.4 Å². The Hall–Kier alpha value is -1.81. The molecule has 0 unspecified atom stereocenters. The van der Waals surface area contributed by atoms with Crippen molar-refractivity contribution in [3.63, 3.8) is 0 Å². The first-order valence-corrected chi connectivity index (χ1v) is 6.79. The first-order valence-electron chi connectivity index (χ1n) is 6.26. The van der Waals surface area contributed by atoms with E-state index in [0.29, 0.717) is 17.9 Å². The summed E-state index contributed by atoms with van der Waals surface area (Å²) >= 11 is 5.69. The minimum atomic E-state index is -0.0242. The molecule has 0 amide bonds. The number of aromatic amines is 1. The third-order valence-corrected chi connectivity index (χ3v) is 3.58. The van der Waals surface area contributed by atoms with E-state index >= 15 is 0 Å². The van der Waals surface area contributed by atoms with E-state index in [1.165, 1.54) is 0 Å². The molecule has 0 atom stereocenters. The lowest BCUT2D eigenvalue weighted by Gasteiger charge is -2.07. The molecule has 19 heavy (non-hydrogen) atoms. The lowest BCUT2D eigenvalue weighted by molar-refractivity contribution is 0.627. The highest BCUT2D eigenvalue weighted by molar-refractivity contribution is 6.17. The number of nitrogens with one attached hydrogen (secondary N) is 1. The predicted molar refractivity (Wildman–Crippen MR) is 77.9 cm³/mol. The summed E-state index contributed by atoms with van der Waals surface area (Å²) in [6.45, 7) is 2.46. The fourth-order valence-corrected chi connectivity index (χ4v) is 2.50. The van der Waals surface area contributed by atoms with Crippen LogP contribution in [0.25, 0.3) is 21.9 Å². The van der Waals surface area contributed by atoms with E-state index in [1.54, 1.807) is 4.57 Å². The van der Waals surface area contributed by atoms with Gasteiger partial charge in [0.05, 0.1) is 0 Å². The highest BCUT2D eigenvalue weighted by Gasteiger charge is 2.12. The molecule has 1 aromatic carbocycles. The second kappa shape index (κ2) is 4.70. The van der Waals surface area contributed by atoms with Crippen molar-refractivity contribution >= 4 is 33.5 Å². The molecular weight excluding hydrogens is 262 g/mol. The van der Waals surface area contributed by atoms with Gasteiger partial charge in [-0.25, -0.2) is 4.98 Å². The zero-order valence-corrected chi connectivity index (χ0v) is 11.4. The number of H-pyrrole nitrogens is 1. The Labute approximate surface area is 115 Å². The molecule has 3 rings (SSSR count). The van der Waals surface area contributed by atoms with Gasteiger partial charge in [0.15, 0.2) is 0 Å². The Morgan fingerprint density at radius 1 is 1.37 bits per heavy atom. The number of benzene rings is 1. The first kappa shape index (κ1) is 12.2. The Morgan fingerprint density at radius 2 is 2.16 bits per heavy atom. The molecule has 0 fully saturated rings. The number of nitrogens with zero attached hydrogens (tertiary/aromatic N) is 2. The molecule has 0 aliphatic rings. The Kier molecular flexibility index (Phi) is 3.03. The first-order chi connectivity index (χ1) is 9.22. The molecule has 2 aromatic heterocycles. The number of aryl methyl sites for hydroxylation is 1. The van der Waals surface area contributed by atoms with Gasteiger partial charge in [0, 0.05) is 23.3 Å². The Bertz CT molecular complexity index is 803. The molecule has 0 aliphatic carbocycles. The van der Waals surface area contributed by atoms with Crippen molar-refractivity contribution in [2.75, 3.05) is 5.88 Å². The van der Waals surface area contributed by atoms with Crippen LogP contribution in [0.5, 0.6) is 0 Å². The fraction of sp³-hybridized carbons (Fsp3) is 0.286. The summed E-state index contributed by atoms with van der Waals surface area (Å²) in [6.07, 6.45) is 0.760. The molecule has 3 aromatic rings. The highest BCUT2D eigenvalue weighted by atomic mass is 35.5. The van der Waals surface area contributed by atoms with E-state index in [1.807, 2.05) is 31.2 Å². The van der Waals surface area contributed by atoms with E-state index in [9.17, 15) is 4.79 Å². The molecule has 98 valence electrons. The maximum absolute atomic E-state index is 12.5. The second-order valence-corrected chi connectivity index (χ2v) is 4.93. The normalized spacial score (nSPS) is 11.5. The smallest absolute Gasteiger partial charge is 0.277 e. The number of aromatic nitrogens is 3. The van der Waals surface area contributed by atoms with Crippen LogP contribution in [-0.2, 0) is 6.54 Å². The summed E-state index contributed by atoms with van der Waals surface area (Å²) in [5, 5.41) is 0.988. The van der Waals surface area contributed by atoms with Crippen molar-refractivity contribution in [3.8, 4) is 0 Å². The van der Waals surface area contributed by atoms with Gasteiger partial charge in [-0.1, -0.05) is 18.2 Å². The van der Waals surface area contributed by atoms with Gasteiger partial charge in [-0.3, -0.25) is 9.36 Å². The average molecular weight is 276 g/mol. The monoisotopic (exact) mass is 275 g/mol. The largest absolute Gasteiger partial charge is 0.349 e. The van der Waals surface area contributed by atoms with Crippen LogP contribution in [0.2, 0.25) is 0 Å². The van der Waals surface area contributed by atoms with Crippen molar-refractivity contribution in [3.05, 3.63) is 40.4 Å². The molecule has 0 radical (unpaired) electrons. The lowest BCUT2D eigenvalue weighted by Crippen LogP contribution is -2.24. The van der Waals surface area contributed by atoms with Crippen molar-refractivity contribution < 1.29 is 0 Å². The van der Waals surface area contributed by atoms with Crippen LogP contribution < -0.4 is 5.56 Å². The third kappa shape index (κ3) is 1.92. The number of alkyl halides is 1. The fourth-order valence-electron chi connectivity index (χ4n) is 2.38. The summed E-state index contributed by atoms with van der Waals surface area (Å²) in [5.74, 6) is 1.27. The maximum atomic E-state index is 12.5. The van der Waals surface area contributed by atoms with Crippen LogP contribution in [0, 0.1) is 6.92 Å². The van der Waals surface area contributed by atoms with Gasteiger partial charge in [0.1, 0.15) is 16.9 Å². The molecule has 0 spiro atoms. The van der Waals surface area contributed by atoms with Crippen LogP contribution >= 0.6 is 11.6 Å². The molecule has 2 heterocycles. The Balaban J connectivity index is 2.33. The average Bonchev–Trinajstić information content (AvgIpc) is 2.78. The summed E-state index contributed by atoms with van der Waals surface area (Å²) in [6, 6.07) is 7.82. The molecule has 0 saturated carbocycles. The van der Waals surface area contributed by atoms with Crippen LogP contribution in [0.15, 0.2) is 29.1 Å². The topological polar surface area (TPSA) is 50.7 Å². The molecule has 1 N–H and O–H groups in total. The second-order valence-electron chi connectivity index (χ2n) is 4.55. The minimum Gasteiger partial charge on any atom is -0.349 e. The molecular formula is C14H14ClN3O. The van der Waals surface area contributed by atoms with E-state index in [-0.39, 0.29) is 5.56 Å². The standard InChI is InChI=1S/C14H14ClN3O/c1-9-16-12-10-5-2-3-6-11(10)17-13(12)14(19)18(9)8-4-7-15/h2-3,5-6,17H,4,7-8H2,1H3. The van der Waals surface area contributed by atoms with Crippen LogP contribution in [-0.4, -0.2) is 20.4 Å². The van der Waals surface area contributed by atoms with Crippen LogP contribution in [0.3, 0.4) is 0 Å². The molecule has 0 saturated heterocycles. The molecule has 0 bridgehead atoms. The summed E-state index contributed by atoms with van der Waals surface area (Å²) in [7, 11) is 0. The van der Waals surface area contributed by atoms with Crippen molar-refractivity contribution in [2.24, 2.45) is 0 Å². The van der Waals surface area contributed by atoms with Gasteiger partial charge >= 0.3 is 0 Å². The van der Waals surface area contributed by atoms with Gasteiger partial charge in [0.2, 0.25) is 0 Å². The predicted octanol–water partition coefficient (Wildman–Crippen LogP) is 2.82. The van der Waals surface area contributed by atoms with Crippen molar-refractivity contribution in [1.82, 2.24) is 14.5 Å².